The number of nitrogens with zero attached hydrogens (tertiary/aromatic N) is 8. The summed E-state index contributed by atoms with van der Waals surface area (Å²) < 4.78 is 2.95. The van der Waals surface area contributed by atoms with Crippen LogP contribution in [0, 0.1) is 0 Å². The van der Waals surface area contributed by atoms with Crippen molar-refractivity contribution in [2.24, 2.45) is 7.05 Å². The normalized spacial score (nSPS) is 14.4. The molecule has 4 rings (SSSR count). The Morgan fingerprint density at radius 3 is 2.37 bits per heavy atom. The van der Waals surface area contributed by atoms with Gasteiger partial charge in [0, 0.05) is 51.7 Å². The van der Waals surface area contributed by atoms with Gasteiger partial charge in [-0.2, -0.15) is 5.10 Å². The Morgan fingerprint density at radius 1 is 1.00 bits per heavy atom. The van der Waals surface area contributed by atoms with Gasteiger partial charge in [0.25, 0.3) is 11.5 Å². The zero-order valence-electron chi connectivity index (χ0n) is 14.8. The topological polar surface area (TPSA) is 102 Å². The van der Waals surface area contributed by atoms with E-state index in [2.05, 4.69) is 25.2 Å². The third kappa shape index (κ3) is 3.41. The van der Waals surface area contributed by atoms with Crippen molar-refractivity contribution in [3.05, 3.63) is 59.0 Å². The lowest BCUT2D eigenvalue weighted by Gasteiger charge is -2.35. The Bertz CT molecular complexity index is 989. The first-order valence-electron chi connectivity index (χ1n) is 8.52. The van der Waals surface area contributed by atoms with E-state index >= 15 is 0 Å². The standard InChI is InChI=1S/C17H18N8O2/c1-22-16(26)5-2-13(21-22)17(27)24-10-8-23(9-11-24)14-3-4-15(20-19-14)25-7-6-18-12-25/h2-7,12H,8-11H2,1H3. The van der Waals surface area contributed by atoms with Gasteiger partial charge in [-0.05, 0) is 18.2 Å². The molecule has 0 saturated carbocycles. The maximum Gasteiger partial charge on any atom is 0.274 e. The number of aryl methyl sites for hydroxylation is 1. The van der Waals surface area contributed by atoms with Crippen molar-refractivity contribution in [3.8, 4) is 5.82 Å². The minimum Gasteiger partial charge on any atom is -0.352 e. The zero-order chi connectivity index (χ0) is 18.8. The van der Waals surface area contributed by atoms with Crippen molar-refractivity contribution in [2.45, 2.75) is 0 Å². The highest BCUT2D eigenvalue weighted by molar-refractivity contribution is 5.92. The summed E-state index contributed by atoms with van der Waals surface area (Å²) in [6.45, 7) is 2.40. The molecule has 0 radical (unpaired) electrons. The van der Waals surface area contributed by atoms with Gasteiger partial charge in [-0.15, -0.1) is 10.2 Å². The van der Waals surface area contributed by atoms with Crippen LogP contribution in [0.1, 0.15) is 10.5 Å². The van der Waals surface area contributed by atoms with E-state index in [9.17, 15) is 9.59 Å². The molecule has 1 saturated heterocycles. The lowest BCUT2D eigenvalue weighted by molar-refractivity contribution is 0.0738. The van der Waals surface area contributed by atoms with Crippen molar-refractivity contribution in [3.63, 3.8) is 0 Å². The molecule has 1 fully saturated rings. The predicted octanol–water partition coefficient (Wildman–Crippen LogP) is -0.282. The summed E-state index contributed by atoms with van der Waals surface area (Å²) in [7, 11) is 1.53. The second-order valence-electron chi connectivity index (χ2n) is 6.18. The molecule has 138 valence electrons. The van der Waals surface area contributed by atoms with Gasteiger partial charge in [0.05, 0.1) is 0 Å². The monoisotopic (exact) mass is 366 g/mol. The first-order valence-corrected chi connectivity index (χ1v) is 8.52. The highest BCUT2D eigenvalue weighted by Crippen LogP contribution is 2.15. The molecule has 10 heteroatoms. The van der Waals surface area contributed by atoms with Crippen molar-refractivity contribution in [1.82, 2.24) is 34.4 Å². The molecule has 0 aromatic carbocycles. The molecule has 27 heavy (non-hydrogen) atoms. The minimum absolute atomic E-state index is 0.174. The second kappa shape index (κ2) is 6.98. The molecule has 3 aromatic heterocycles. The Labute approximate surface area is 154 Å². The Balaban J connectivity index is 1.40. The minimum atomic E-state index is -0.242. The summed E-state index contributed by atoms with van der Waals surface area (Å²) >= 11 is 0. The van der Waals surface area contributed by atoms with Crippen LogP contribution in [-0.4, -0.2) is 66.5 Å². The number of carbonyl (C=O) groups excluding carboxylic acids is 1. The first-order chi connectivity index (χ1) is 13.1. The number of aromatic nitrogens is 6. The maximum absolute atomic E-state index is 12.6. The molecular formula is C17H18N8O2. The average Bonchev–Trinajstić information content (AvgIpc) is 3.25. The maximum atomic E-state index is 12.6. The molecular weight excluding hydrogens is 348 g/mol. The third-order valence-electron chi connectivity index (χ3n) is 4.48. The molecule has 0 bridgehead atoms. The molecule has 0 spiro atoms. The van der Waals surface area contributed by atoms with Gasteiger partial charge in [0.2, 0.25) is 0 Å². The zero-order valence-corrected chi connectivity index (χ0v) is 14.8. The summed E-state index contributed by atoms with van der Waals surface area (Å²) in [6, 6.07) is 6.62. The van der Waals surface area contributed by atoms with E-state index in [0.717, 1.165) is 5.82 Å². The lowest BCUT2D eigenvalue weighted by atomic mass is 10.2. The van der Waals surface area contributed by atoms with E-state index in [1.807, 2.05) is 18.3 Å². The van der Waals surface area contributed by atoms with E-state index in [4.69, 9.17) is 0 Å². The van der Waals surface area contributed by atoms with Gasteiger partial charge < -0.3 is 9.80 Å². The molecule has 1 aliphatic heterocycles. The van der Waals surface area contributed by atoms with Crippen LogP contribution in [0.25, 0.3) is 5.82 Å². The summed E-state index contributed by atoms with van der Waals surface area (Å²) in [5.41, 5.74) is 0.0316. The van der Waals surface area contributed by atoms with E-state index < -0.39 is 0 Å². The van der Waals surface area contributed by atoms with Crippen LogP contribution in [0.4, 0.5) is 5.82 Å². The van der Waals surface area contributed by atoms with E-state index in [1.54, 1.807) is 22.0 Å². The second-order valence-corrected chi connectivity index (χ2v) is 6.18. The van der Waals surface area contributed by atoms with Crippen LogP contribution in [0.3, 0.4) is 0 Å². The summed E-state index contributed by atoms with van der Waals surface area (Å²) in [4.78, 5) is 31.8. The largest absolute Gasteiger partial charge is 0.352 e. The van der Waals surface area contributed by atoms with Crippen LogP contribution in [0.15, 0.2) is 47.8 Å². The van der Waals surface area contributed by atoms with Gasteiger partial charge in [-0.25, -0.2) is 9.67 Å². The van der Waals surface area contributed by atoms with Crippen LogP contribution >= 0.6 is 0 Å². The smallest absolute Gasteiger partial charge is 0.274 e. The molecule has 10 nitrogen and oxygen atoms in total. The number of rotatable bonds is 3. The molecule has 0 unspecified atom stereocenters. The molecule has 3 aromatic rings. The van der Waals surface area contributed by atoms with Gasteiger partial charge in [0.1, 0.15) is 12.0 Å². The van der Waals surface area contributed by atoms with Crippen molar-refractivity contribution in [1.29, 1.82) is 0 Å². The first kappa shape index (κ1) is 16.9. The van der Waals surface area contributed by atoms with E-state index in [-0.39, 0.29) is 17.2 Å². The van der Waals surface area contributed by atoms with Crippen molar-refractivity contribution >= 4 is 11.7 Å². The van der Waals surface area contributed by atoms with Gasteiger partial charge in [-0.1, -0.05) is 0 Å². The summed E-state index contributed by atoms with van der Waals surface area (Å²) in [5.74, 6) is 1.30. The average molecular weight is 366 g/mol. The fraction of sp³-hybridized carbons (Fsp3) is 0.294. The van der Waals surface area contributed by atoms with Gasteiger partial charge in [0.15, 0.2) is 11.6 Å². The van der Waals surface area contributed by atoms with Gasteiger partial charge in [-0.3, -0.25) is 14.2 Å². The molecule has 1 aliphatic rings. The van der Waals surface area contributed by atoms with Gasteiger partial charge >= 0.3 is 0 Å². The summed E-state index contributed by atoms with van der Waals surface area (Å²) in [5, 5.41) is 12.5. The van der Waals surface area contributed by atoms with Crippen molar-refractivity contribution < 1.29 is 4.79 Å². The van der Waals surface area contributed by atoms with Crippen LogP contribution in [0.5, 0.6) is 0 Å². The lowest BCUT2D eigenvalue weighted by Crippen LogP contribution is -2.49. The predicted molar refractivity (Wildman–Crippen MR) is 96.7 cm³/mol. The summed E-state index contributed by atoms with van der Waals surface area (Å²) in [6.07, 6.45) is 5.16. The number of carbonyl (C=O) groups is 1. The van der Waals surface area contributed by atoms with Crippen LogP contribution in [0.2, 0.25) is 0 Å². The fourth-order valence-electron chi connectivity index (χ4n) is 2.94. The van der Waals surface area contributed by atoms with E-state index in [0.29, 0.717) is 32.0 Å². The highest BCUT2D eigenvalue weighted by Gasteiger charge is 2.24. The number of imidazole rings is 1. The molecule has 0 atom stereocenters. The Hall–Kier alpha value is -3.56. The highest BCUT2D eigenvalue weighted by atomic mass is 16.2. The Kier molecular flexibility index (Phi) is 4.37. The fourth-order valence-corrected chi connectivity index (χ4v) is 2.94. The molecule has 1 amide bonds. The third-order valence-corrected chi connectivity index (χ3v) is 4.48. The Morgan fingerprint density at radius 2 is 1.74 bits per heavy atom. The molecule has 0 N–H and O–H groups in total. The number of anilines is 1. The van der Waals surface area contributed by atoms with Crippen LogP contribution in [-0.2, 0) is 7.05 Å². The quantitative estimate of drug-likeness (QED) is 0.628. The number of piperazine rings is 1. The van der Waals surface area contributed by atoms with Crippen LogP contribution < -0.4 is 10.5 Å². The molecule has 4 heterocycles. The number of hydrogen-bond donors (Lipinski definition) is 0. The number of amides is 1. The molecule has 0 aliphatic carbocycles. The number of hydrogen-bond acceptors (Lipinski definition) is 7. The van der Waals surface area contributed by atoms with Crippen molar-refractivity contribution in [2.75, 3.05) is 31.1 Å². The van der Waals surface area contributed by atoms with E-state index in [1.165, 1.54) is 23.9 Å². The SMILES string of the molecule is Cn1nc(C(=O)N2CCN(c3ccc(-n4ccnc4)nn3)CC2)ccc1=O.